The quantitative estimate of drug-likeness (QED) is 0.256. The first-order chi connectivity index (χ1) is 13.4. The number of aromatic hydroxyl groups is 2. The molecule has 4 aromatic carbocycles. The van der Waals surface area contributed by atoms with Crippen LogP contribution in [0, 0.1) is 0 Å². The predicted molar refractivity (Wildman–Crippen MR) is 109 cm³/mol. The van der Waals surface area contributed by atoms with E-state index >= 15 is 0 Å². The zero-order valence-electron chi connectivity index (χ0n) is 14.4. The molecule has 0 aliphatic heterocycles. The third-order valence-electron chi connectivity index (χ3n) is 4.38. The van der Waals surface area contributed by atoms with Crippen LogP contribution < -0.4 is 0 Å². The summed E-state index contributed by atoms with van der Waals surface area (Å²) in [5, 5.41) is 31.1. The van der Waals surface area contributed by atoms with Crippen molar-refractivity contribution in [1.29, 1.82) is 0 Å². The van der Waals surface area contributed by atoms with Gasteiger partial charge in [0.15, 0.2) is 0 Å². The van der Waals surface area contributed by atoms with Gasteiger partial charge in [-0.25, -0.2) is 0 Å². The number of fused-ring (bicyclic) bond motifs is 2. The van der Waals surface area contributed by atoms with Crippen LogP contribution in [0.1, 0.15) is 0 Å². The van der Waals surface area contributed by atoms with Crippen molar-refractivity contribution in [2.24, 2.45) is 10.2 Å². The third-order valence-corrected chi connectivity index (χ3v) is 5.31. The minimum Gasteiger partial charge on any atom is -0.506 e. The second kappa shape index (κ2) is 6.77. The molecule has 4 aromatic rings. The minimum absolute atomic E-state index is 0.0626. The Hall–Kier alpha value is -3.17. The molecule has 5 N–H and O–H groups in total. The van der Waals surface area contributed by atoms with Crippen LogP contribution in [0.5, 0.6) is 11.5 Å². The predicted octanol–water partition coefficient (Wildman–Crippen LogP) is 6.40. The van der Waals surface area contributed by atoms with Crippen LogP contribution in [0.3, 0.4) is 0 Å². The summed E-state index contributed by atoms with van der Waals surface area (Å²) in [6.07, 6.45) is 0. The Balaban J connectivity index is 1.93. The molecule has 0 aromatic heterocycles. The van der Waals surface area contributed by atoms with Crippen molar-refractivity contribution in [2.45, 2.75) is 4.90 Å². The summed E-state index contributed by atoms with van der Waals surface area (Å²) in [4.78, 5) is -0.201. The minimum atomic E-state index is -4.04. The zero-order valence-corrected chi connectivity index (χ0v) is 15.2. The number of rotatable bonds is 3. The topological polar surface area (TPSA) is 126 Å². The standard InChI is InChI=1S/C20H16N2O5S/c23-16-10-9-12-5-1-2-6-13(12)19(16)21-22-20-15-8-4-3-7-14(15)18(11-17(20)24)28(25,26)27/h1-11,23-27H. The van der Waals surface area contributed by atoms with Gasteiger partial charge in [0.05, 0.1) is 4.90 Å². The van der Waals surface area contributed by atoms with Crippen molar-refractivity contribution in [3.8, 4) is 11.5 Å². The van der Waals surface area contributed by atoms with Crippen molar-refractivity contribution in [3.63, 3.8) is 0 Å². The second-order valence-electron chi connectivity index (χ2n) is 6.16. The molecule has 0 bridgehead atoms. The van der Waals surface area contributed by atoms with E-state index in [1.54, 1.807) is 36.4 Å². The van der Waals surface area contributed by atoms with E-state index in [1.807, 2.05) is 18.2 Å². The molecule has 4 rings (SSSR count). The molecule has 0 amide bonds. The molecule has 0 heterocycles. The summed E-state index contributed by atoms with van der Waals surface area (Å²) >= 11 is 0. The van der Waals surface area contributed by atoms with Crippen molar-refractivity contribution < 1.29 is 23.9 Å². The van der Waals surface area contributed by atoms with Crippen molar-refractivity contribution >= 4 is 43.8 Å². The van der Waals surface area contributed by atoms with Crippen LogP contribution in [0.4, 0.5) is 11.4 Å². The normalized spacial score (nSPS) is 12.8. The first kappa shape index (κ1) is 18.2. The Bertz CT molecular complexity index is 1230. The lowest BCUT2D eigenvalue weighted by Gasteiger charge is -2.22. The summed E-state index contributed by atoms with van der Waals surface area (Å²) < 4.78 is 29.0. The number of hydrogen-bond donors (Lipinski definition) is 5. The van der Waals surface area contributed by atoms with Crippen LogP contribution in [-0.2, 0) is 0 Å². The highest BCUT2D eigenvalue weighted by Gasteiger charge is 2.22. The summed E-state index contributed by atoms with van der Waals surface area (Å²) in [5.74, 6) is -0.446. The lowest BCUT2D eigenvalue weighted by molar-refractivity contribution is 0.376. The highest BCUT2D eigenvalue weighted by atomic mass is 32.3. The lowest BCUT2D eigenvalue weighted by atomic mass is 10.1. The number of hydrogen-bond acceptors (Lipinski definition) is 7. The molecule has 0 saturated heterocycles. The van der Waals surface area contributed by atoms with Gasteiger partial charge in [-0.2, -0.15) is 0 Å². The molecule has 0 atom stereocenters. The van der Waals surface area contributed by atoms with Crippen molar-refractivity contribution in [3.05, 3.63) is 66.7 Å². The number of azo groups is 1. The summed E-state index contributed by atoms with van der Waals surface area (Å²) in [5.41, 5.74) is 0.326. The Morgan fingerprint density at radius 1 is 0.607 bits per heavy atom. The highest BCUT2D eigenvalue weighted by molar-refractivity contribution is 8.19. The average Bonchev–Trinajstić information content (AvgIpc) is 2.67. The van der Waals surface area contributed by atoms with Crippen LogP contribution in [0.15, 0.2) is 81.9 Å². The maximum Gasteiger partial charge on any atom is 0.145 e. The first-order valence-corrected chi connectivity index (χ1v) is 9.74. The number of phenolic OH excluding ortho intramolecular Hbond substituents is 2. The van der Waals surface area contributed by atoms with Gasteiger partial charge in [0.2, 0.25) is 0 Å². The fraction of sp³-hybridized carbons (Fsp3) is 0. The molecule has 0 spiro atoms. The van der Waals surface area contributed by atoms with E-state index in [-0.39, 0.29) is 27.8 Å². The van der Waals surface area contributed by atoms with Crippen molar-refractivity contribution in [2.75, 3.05) is 0 Å². The van der Waals surface area contributed by atoms with E-state index < -0.39 is 10.9 Å². The van der Waals surface area contributed by atoms with E-state index in [1.165, 1.54) is 6.07 Å². The van der Waals surface area contributed by atoms with Gasteiger partial charge in [-0.05, 0) is 11.5 Å². The van der Waals surface area contributed by atoms with Gasteiger partial charge < -0.3 is 23.9 Å². The monoisotopic (exact) mass is 396 g/mol. The van der Waals surface area contributed by atoms with Gasteiger partial charge in [0, 0.05) is 22.2 Å². The Labute approximate surface area is 161 Å². The zero-order chi connectivity index (χ0) is 19.9. The SMILES string of the molecule is Oc1ccc2ccccc2c1N=Nc1c(O)cc(S(O)(O)O)c2ccccc12. The van der Waals surface area contributed by atoms with Gasteiger partial charge >= 0.3 is 0 Å². The average molecular weight is 396 g/mol. The summed E-state index contributed by atoms with van der Waals surface area (Å²) in [6.45, 7) is 0. The number of nitrogens with zero attached hydrogens (tertiary/aromatic N) is 2. The Morgan fingerprint density at radius 3 is 1.86 bits per heavy atom. The molecule has 0 fully saturated rings. The maximum absolute atomic E-state index is 10.4. The van der Waals surface area contributed by atoms with E-state index in [2.05, 4.69) is 10.2 Å². The lowest BCUT2D eigenvalue weighted by Crippen LogP contribution is -1.97. The molecule has 28 heavy (non-hydrogen) atoms. The van der Waals surface area contributed by atoms with E-state index in [0.29, 0.717) is 16.2 Å². The molecule has 0 aliphatic carbocycles. The van der Waals surface area contributed by atoms with E-state index in [0.717, 1.165) is 11.5 Å². The molecular formula is C20H16N2O5S. The highest BCUT2D eigenvalue weighted by Crippen LogP contribution is 2.51. The molecule has 8 heteroatoms. The van der Waals surface area contributed by atoms with Gasteiger partial charge in [-0.3, -0.25) is 0 Å². The summed E-state index contributed by atoms with van der Waals surface area (Å²) in [7, 11) is -4.04. The fourth-order valence-electron chi connectivity index (χ4n) is 3.09. The second-order valence-corrected chi connectivity index (χ2v) is 7.64. The molecule has 0 unspecified atom stereocenters. The molecule has 0 radical (unpaired) electrons. The molecule has 0 saturated carbocycles. The number of phenols is 2. The van der Waals surface area contributed by atoms with Gasteiger partial charge in [-0.1, -0.05) is 54.6 Å². The Morgan fingerprint density at radius 2 is 1.18 bits per heavy atom. The molecule has 0 aliphatic rings. The summed E-state index contributed by atoms with van der Waals surface area (Å²) in [6, 6.07) is 18.2. The first-order valence-electron chi connectivity index (χ1n) is 8.24. The van der Waals surface area contributed by atoms with Gasteiger partial charge in [0.1, 0.15) is 33.7 Å². The van der Waals surface area contributed by atoms with Crippen LogP contribution >= 0.6 is 10.9 Å². The van der Waals surface area contributed by atoms with Crippen LogP contribution in [0.25, 0.3) is 21.5 Å². The smallest absolute Gasteiger partial charge is 0.145 e. The third kappa shape index (κ3) is 3.14. The molecular weight excluding hydrogens is 380 g/mol. The van der Waals surface area contributed by atoms with Crippen molar-refractivity contribution in [1.82, 2.24) is 0 Å². The van der Waals surface area contributed by atoms with Crippen LogP contribution in [-0.4, -0.2) is 23.9 Å². The largest absolute Gasteiger partial charge is 0.506 e. The van der Waals surface area contributed by atoms with Gasteiger partial charge in [-0.15, -0.1) is 10.2 Å². The van der Waals surface area contributed by atoms with Gasteiger partial charge in [0.25, 0.3) is 0 Å². The van der Waals surface area contributed by atoms with E-state index in [9.17, 15) is 23.9 Å². The molecule has 7 nitrogen and oxygen atoms in total. The fourth-order valence-corrected chi connectivity index (χ4v) is 3.84. The number of benzene rings is 4. The Kier molecular flexibility index (Phi) is 4.40. The maximum atomic E-state index is 10.4. The van der Waals surface area contributed by atoms with Crippen LogP contribution in [0.2, 0.25) is 0 Å². The van der Waals surface area contributed by atoms with E-state index in [4.69, 9.17) is 0 Å². The molecule has 142 valence electrons.